The van der Waals surface area contributed by atoms with Gasteiger partial charge in [-0.05, 0) is 130 Å². The molecule has 66 heavy (non-hydrogen) atoms. The van der Waals surface area contributed by atoms with E-state index in [9.17, 15) is 29.4 Å². The number of likely N-dealkylation sites (N-methyl/N-ethyl adjacent to an activating group) is 2. The van der Waals surface area contributed by atoms with E-state index in [0.29, 0.717) is 34.4 Å². The number of benzene rings is 6. The third kappa shape index (κ3) is 15.7. The van der Waals surface area contributed by atoms with Crippen molar-refractivity contribution < 1.29 is 38.9 Å². The maximum atomic E-state index is 12.4. The minimum absolute atomic E-state index is 0.0156. The topological polar surface area (TPSA) is 134 Å². The van der Waals surface area contributed by atoms with Gasteiger partial charge in [0.2, 0.25) is 11.8 Å². The number of carbonyl (C=O) groups is 4. The molecule has 0 unspecified atom stereocenters. The molecule has 0 saturated heterocycles. The highest BCUT2D eigenvalue weighted by Crippen LogP contribution is 2.30. The normalized spacial score (nSPS) is 11.4. The lowest BCUT2D eigenvalue weighted by atomic mass is 9.94. The Morgan fingerprint density at radius 3 is 1.50 bits per heavy atom. The van der Waals surface area contributed by atoms with Crippen molar-refractivity contribution in [3.05, 3.63) is 177 Å². The Kier molecular flexibility index (Phi) is 20.1. The Balaban J connectivity index is 0.000000237. The number of esters is 1. The molecule has 0 aliphatic heterocycles. The van der Waals surface area contributed by atoms with Crippen LogP contribution >= 0.6 is 34.8 Å². The zero-order chi connectivity index (χ0) is 48.5. The molecule has 2 amide bonds. The number of ether oxygens (including phenoxy) is 2. The lowest BCUT2D eigenvalue weighted by Gasteiger charge is -2.20. The number of hydrogen-bond acceptors (Lipinski definition) is 7. The van der Waals surface area contributed by atoms with Crippen LogP contribution in [-0.4, -0.2) is 79.1 Å². The number of phenols is 1. The Hall–Kier alpha value is -6.33. The largest absolute Gasteiger partial charge is 0.508 e. The minimum Gasteiger partial charge on any atom is -0.508 e. The molecule has 6 rings (SSSR count). The van der Waals surface area contributed by atoms with Gasteiger partial charge in [0.15, 0.2) is 0 Å². The number of hydrogen-bond donors (Lipinski definition) is 2. The van der Waals surface area contributed by atoms with Crippen molar-refractivity contribution in [3.8, 4) is 33.8 Å². The predicted molar refractivity (Wildman–Crippen MR) is 263 cm³/mol. The van der Waals surface area contributed by atoms with Crippen molar-refractivity contribution in [1.82, 2.24) is 9.80 Å². The summed E-state index contributed by atoms with van der Waals surface area (Å²) in [6.45, 7) is 4.48. The molecule has 0 radical (unpaired) electrons. The number of phenolic OH excluding ortho intramolecular Hbond substituents is 1. The standard InChI is InChI=1S/C26H26ClNO4.C14H12Cl2.C13H17NO4/c1-17-13-21(27)9-12-23(17)20-6-4-5-18(14-20)16-32-22-10-7-19(8-11-22)24(15-25(29)30)26(31)28(2)3;1-10-7-13(16)5-6-14(10)12-4-2-3-11(8-12)9-15;1-14(2)13(17)11(8-12(16)18-3)9-4-6-10(15)7-5-9/h4-14,24H,15-16H2,1-3H3,(H,29,30);2-8H,9H2,1H3;4-7,11,15H,8H2,1-3H3/t24-;;11-/m0.0/s1. The number of alkyl halides is 1. The first-order valence-corrected chi connectivity index (χ1v) is 22.2. The van der Waals surface area contributed by atoms with Crippen molar-refractivity contribution in [2.75, 3.05) is 35.3 Å². The maximum absolute atomic E-state index is 12.4. The number of carboxylic acid groups (broad SMARTS) is 1. The molecule has 0 bridgehead atoms. The van der Waals surface area contributed by atoms with Gasteiger partial charge < -0.3 is 29.5 Å². The van der Waals surface area contributed by atoms with Gasteiger partial charge in [0.25, 0.3) is 0 Å². The molecule has 0 fully saturated rings. The van der Waals surface area contributed by atoms with Crippen LogP contribution in [-0.2, 0) is 36.4 Å². The fourth-order valence-corrected chi connectivity index (χ4v) is 7.59. The SMILES string of the molecule is COC(=O)C[C@H](C(=O)N(C)C)c1ccc(O)cc1.Cc1cc(Cl)ccc1-c1cccc(CCl)c1.Cc1cc(Cl)ccc1-c1cccc(COc2ccc([C@H](CC(=O)O)C(=O)N(C)C)cc2)c1. The second-order valence-corrected chi connectivity index (χ2v) is 17.0. The smallest absolute Gasteiger partial charge is 0.306 e. The summed E-state index contributed by atoms with van der Waals surface area (Å²) in [5, 5.41) is 19.9. The van der Waals surface area contributed by atoms with E-state index in [1.165, 1.54) is 45.7 Å². The lowest BCUT2D eigenvalue weighted by molar-refractivity contribution is -0.144. The van der Waals surface area contributed by atoms with Gasteiger partial charge in [-0.25, -0.2) is 0 Å². The molecule has 2 N–H and O–H groups in total. The second-order valence-electron chi connectivity index (χ2n) is 15.9. The summed E-state index contributed by atoms with van der Waals surface area (Å²) in [5.74, 6) is -1.88. The predicted octanol–water partition coefficient (Wildman–Crippen LogP) is 11.7. The molecule has 6 aromatic carbocycles. The van der Waals surface area contributed by atoms with E-state index in [1.807, 2.05) is 67.6 Å². The van der Waals surface area contributed by atoms with Crippen LogP contribution in [0.3, 0.4) is 0 Å². The highest BCUT2D eigenvalue weighted by molar-refractivity contribution is 6.31. The zero-order valence-corrected chi connectivity index (χ0v) is 40.3. The number of rotatable bonds is 14. The molecule has 0 aromatic heterocycles. The maximum Gasteiger partial charge on any atom is 0.306 e. The molecular weight excluding hydrogens is 899 g/mol. The van der Waals surface area contributed by atoms with E-state index < -0.39 is 23.8 Å². The molecule has 2 atom stereocenters. The summed E-state index contributed by atoms with van der Waals surface area (Å²) in [6.07, 6.45) is -0.271. The molecular formula is C53H55Cl3N2O8. The average Bonchev–Trinajstić information content (AvgIpc) is 3.29. The number of carbonyl (C=O) groups excluding carboxylic acids is 3. The number of halogens is 3. The third-order valence-electron chi connectivity index (χ3n) is 10.4. The molecule has 13 heteroatoms. The van der Waals surface area contributed by atoms with Gasteiger partial charge in [-0.15, -0.1) is 11.6 Å². The van der Waals surface area contributed by atoms with Crippen LogP contribution in [0.1, 0.15) is 58.1 Å². The van der Waals surface area contributed by atoms with Crippen molar-refractivity contribution >= 4 is 58.6 Å². The van der Waals surface area contributed by atoms with Crippen LogP contribution < -0.4 is 4.74 Å². The fraction of sp³-hybridized carbons (Fsp3) is 0.245. The highest BCUT2D eigenvalue weighted by Gasteiger charge is 2.26. The summed E-state index contributed by atoms with van der Waals surface area (Å²) < 4.78 is 10.5. The zero-order valence-electron chi connectivity index (χ0n) is 38.1. The Morgan fingerprint density at radius 2 is 1.06 bits per heavy atom. The third-order valence-corrected chi connectivity index (χ3v) is 11.2. The minimum atomic E-state index is -1.01. The number of methoxy groups -OCH3 is 1. The van der Waals surface area contributed by atoms with Crippen LogP contribution in [0.25, 0.3) is 22.3 Å². The fourth-order valence-electron chi connectivity index (χ4n) is 6.97. The van der Waals surface area contributed by atoms with E-state index in [1.54, 1.807) is 64.6 Å². The molecule has 0 aliphatic rings. The first-order valence-electron chi connectivity index (χ1n) is 20.9. The van der Waals surface area contributed by atoms with Crippen molar-refractivity contribution in [1.29, 1.82) is 0 Å². The molecule has 10 nitrogen and oxygen atoms in total. The number of amides is 2. The number of nitrogens with zero attached hydrogens (tertiary/aromatic N) is 2. The second kappa shape index (κ2) is 25.4. The van der Waals surface area contributed by atoms with E-state index in [2.05, 4.69) is 35.9 Å². The van der Waals surface area contributed by atoms with E-state index in [4.69, 9.17) is 39.5 Å². The number of aryl methyl sites for hydroxylation is 2. The van der Waals surface area contributed by atoms with Crippen LogP contribution in [0.4, 0.5) is 0 Å². The first kappa shape index (κ1) is 52.3. The molecule has 346 valence electrons. The lowest BCUT2D eigenvalue weighted by Crippen LogP contribution is -2.30. The molecule has 0 spiro atoms. The number of carboxylic acids is 1. The molecule has 0 heterocycles. The average molecular weight is 954 g/mol. The summed E-state index contributed by atoms with van der Waals surface area (Å²) in [7, 11) is 7.79. The van der Waals surface area contributed by atoms with Gasteiger partial charge in [0, 0.05) is 44.1 Å². The van der Waals surface area contributed by atoms with Gasteiger partial charge in [0.05, 0.1) is 31.8 Å². The van der Waals surface area contributed by atoms with Gasteiger partial charge in [-0.3, -0.25) is 19.2 Å². The van der Waals surface area contributed by atoms with Gasteiger partial charge in [-0.1, -0.05) is 96.0 Å². The van der Waals surface area contributed by atoms with E-state index >= 15 is 0 Å². The van der Waals surface area contributed by atoms with E-state index in [-0.39, 0.29) is 30.4 Å². The van der Waals surface area contributed by atoms with Crippen LogP contribution in [0.2, 0.25) is 10.0 Å². The van der Waals surface area contributed by atoms with E-state index in [0.717, 1.165) is 32.8 Å². The number of aliphatic carboxylic acids is 1. The quantitative estimate of drug-likeness (QED) is 0.0814. The first-order chi connectivity index (χ1) is 31.4. The van der Waals surface area contributed by atoms with Crippen LogP contribution in [0, 0.1) is 13.8 Å². The Bertz CT molecular complexity index is 2580. The van der Waals surface area contributed by atoms with Gasteiger partial charge in [-0.2, -0.15) is 0 Å². The number of aromatic hydroxyl groups is 1. The summed E-state index contributed by atoms with van der Waals surface area (Å²) in [5.41, 5.74) is 10.4. The van der Waals surface area contributed by atoms with Crippen LogP contribution in [0.5, 0.6) is 11.5 Å². The molecule has 0 saturated carbocycles. The van der Waals surface area contributed by atoms with Crippen molar-refractivity contribution in [2.24, 2.45) is 0 Å². The molecule has 0 aliphatic carbocycles. The van der Waals surface area contributed by atoms with Crippen LogP contribution in [0.15, 0.2) is 133 Å². The van der Waals surface area contributed by atoms with Gasteiger partial charge in [0.1, 0.15) is 18.1 Å². The monoisotopic (exact) mass is 952 g/mol. The van der Waals surface area contributed by atoms with Crippen molar-refractivity contribution in [2.45, 2.75) is 51.0 Å². The highest BCUT2D eigenvalue weighted by atomic mass is 35.5. The Labute approximate surface area is 402 Å². The summed E-state index contributed by atoms with van der Waals surface area (Å²) in [4.78, 5) is 49.8. The Morgan fingerprint density at radius 1 is 0.606 bits per heavy atom. The van der Waals surface area contributed by atoms with Crippen molar-refractivity contribution in [3.63, 3.8) is 0 Å². The van der Waals surface area contributed by atoms with Gasteiger partial charge >= 0.3 is 11.9 Å². The molecule has 6 aromatic rings. The summed E-state index contributed by atoms with van der Waals surface area (Å²) in [6, 6.07) is 41.4. The summed E-state index contributed by atoms with van der Waals surface area (Å²) >= 11 is 17.8.